The summed E-state index contributed by atoms with van der Waals surface area (Å²) >= 11 is 0. The number of fused-ring (bicyclic) bond motifs is 1. The summed E-state index contributed by atoms with van der Waals surface area (Å²) in [6.45, 7) is 2.11. The molecule has 0 unspecified atom stereocenters. The second-order valence-electron chi connectivity index (χ2n) is 9.39. The molecule has 0 aliphatic carbocycles. The number of hydrogen-bond acceptors (Lipinski definition) is 5. The molecule has 2 N–H and O–H groups in total. The zero-order valence-electron chi connectivity index (χ0n) is 20.1. The van der Waals surface area contributed by atoms with Crippen LogP contribution in [0.2, 0.25) is 0 Å². The molecule has 3 aromatic rings. The monoisotopic (exact) mass is 482 g/mol. The number of nitrogens with one attached hydrogen (secondary N) is 1. The molecule has 4 rings (SSSR count). The van der Waals surface area contributed by atoms with E-state index in [-0.39, 0.29) is 11.7 Å². The Kier molecular flexibility index (Phi) is 7.65. The van der Waals surface area contributed by atoms with E-state index in [1.165, 1.54) is 29.2 Å². The van der Waals surface area contributed by atoms with Crippen LogP contribution in [0, 0.1) is 11.7 Å². The van der Waals surface area contributed by atoms with Crippen molar-refractivity contribution in [3.05, 3.63) is 64.6 Å². The molecule has 2 amide bonds. The average molecular weight is 483 g/mol. The number of piperidine rings is 1. The fourth-order valence-electron chi connectivity index (χ4n) is 4.62. The Morgan fingerprint density at radius 3 is 2.54 bits per heavy atom. The number of carboxylic acid groups (broad SMARTS) is 1. The van der Waals surface area contributed by atoms with Crippen LogP contribution in [0.3, 0.4) is 0 Å². The summed E-state index contributed by atoms with van der Waals surface area (Å²) in [6, 6.07) is 9.45. The van der Waals surface area contributed by atoms with Crippen LogP contribution < -0.4 is 5.32 Å². The highest BCUT2D eigenvalue weighted by molar-refractivity contribution is 5.94. The summed E-state index contributed by atoms with van der Waals surface area (Å²) in [5, 5.41) is 17.4. The first-order valence-corrected chi connectivity index (χ1v) is 11.9. The Balaban J connectivity index is 1.46. The van der Waals surface area contributed by atoms with E-state index >= 15 is 0 Å². The minimum absolute atomic E-state index is 0.270. The number of hydrogen-bond donors (Lipinski definition) is 2. The molecule has 1 aliphatic heterocycles. The van der Waals surface area contributed by atoms with Crippen molar-refractivity contribution in [2.24, 2.45) is 5.92 Å². The van der Waals surface area contributed by atoms with Crippen LogP contribution >= 0.6 is 0 Å². The van der Waals surface area contributed by atoms with Crippen LogP contribution in [-0.4, -0.2) is 59.2 Å². The zero-order chi connectivity index (χ0) is 24.9. The normalized spacial score (nSPS) is 14.6. The number of likely N-dealkylation sites (tertiary alicyclic amines) is 1. The smallest absolute Gasteiger partial charge is 0.407 e. The third kappa shape index (κ3) is 5.97. The Bertz CT molecular complexity index is 1180. The van der Waals surface area contributed by atoms with Gasteiger partial charge in [-0.2, -0.15) is 0 Å². The van der Waals surface area contributed by atoms with Gasteiger partial charge in [-0.05, 0) is 81.6 Å². The molecule has 1 aliphatic rings. The van der Waals surface area contributed by atoms with E-state index in [9.17, 15) is 14.0 Å². The van der Waals surface area contributed by atoms with Gasteiger partial charge >= 0.3 is 6.09 Å². The summed E-state index contributed by atoms with van der Waals surface area (Å²) in [7, 11) is 3.95. The lowest BCUT2D eigenvalue weighted by atomic mass is 9.91. The van der Waals surface area contributed by atoms with Crippen molar-refractivity contribution >= 4 is 23.0 Å². The Morgan fingerprint density at radius 1 is 1.17 bits per heavy atom. The highest BCUT2D eigenvalue weighted by Gasteiger charge is 2.23. The van der Waals surface area contributed by atoms with Crippen LogP contribution in [0.15, 0.2) is 40.9 Å². The first-order valence-electron chi connectivity index (χ1n) is 11.9. The van der Waals surface area contributed by atoms with Crippen molar-refractivity contribution in [2.45, 2.75) is 38.8 Å². The van der Waals surface area contributed by atoms with E-state index in [1.54, 1.807) is 0 Å². The molecule has 0 radical (unpaired) electrons. The molecule has 8 nitrogen and oxygen atoms in total. The number of rotatable bonds is 8. The number of benzene rings is 2. The van der Waals surface area contributed by atoms with Gasteiger partial charge in [-0.15, -0.1) is 0 Å². The number of aryl methyl sites for hydroxylation is 1. The van der Waals surface area contributed by atoms with Gasteiger partial charge in [-0.25, -0.2) is 9.18 Å². The fourth-order valence-corrected chi connectivity index (χ4v) is 4.62. The summed E-state index contributed by atoms with van der Waals surface area (Å²) < 4.78 is 19.0. The van der Waals surface area contributed by atoms with Gasteiger partial charge in [0.25, 0.3) is 5.91 Å². The molecular weight excluding hydrogens is 451 g/mol. The van der Waals surface area contributed by atoms with E-state index in [2.05, 4.69) is 10.5 Å². The second-order valence-corrected chi connectivity index (χ2v) is 9.39. The molecule has 0 bridgehead atoms. The van der Waals surface area contributed by atoms with E-state index in [0.717, 1.165) is 53.5 Å². The minimum atomic E-state index is -0.843. The topological polar surface area (TPSA) is 98.9 Å². The van der Waals surface area contributed by atoms with Gasteiger partial charge in [-0.1, -0.05) is 11.2 Å². The number of amides is 2. The predicted octanol–water partition coefficient (Wildman–Crippen LogP) is 4.28. The van der Waals surface area contributed by atoms with Crippen LogP contribution in [0.5, 0.6) is 0 Å². The quantitative estimate of drug-likeness (QED) is 0.497. The number of halogens is 1. The molecule has 2 heterocycles. The number of carbonyl (C=O) groups excluding carboxylic acids is 1. The fraction of sp³-hybridized carbons (Fsp3) is 0.423. The molecule has 0 spiro atoms. The Hall–Kier alpha value is -3.46. The average Bonchev–Trinajstić information content (AvgIpc) is 3.26. The van der Waals surface area contributed by atoms with Gasteiger partial charge in [0.05, 0.1) is 5.69 Å². The van der Waals surface area contributed by atoms with Gasteiger partial charge in [0, 0.05) is 42.7 Å². The second kappa shape index (κ2) is 10.9. The maximum atomic E-state index is 13.2. The minimum Gasteiger partial charge on any atom is -0.465 e. The van der Waals surface area contributed by atoms with Crippen molar-refractivity contribution in [1.82, 2.24) is 20.3 Å². The molecule has 35 heavy (non-hydrogen) atoms. The highest BCUT2D eigenvalue weighted by atomic mass is 19.1. The molecule has 1 fully saturated rings. The van der Waals surface area contributed by atoms with Gasteiger partial charge in [0.1, 0.15) is 5.82 Å². The first-order chi connectivity index (χ1) is 16.8. The van der Waals surface area contributed by atoms with E-state index < -0.39 is 6.09 Å². The summed E-state index contributed by atoms with van der Waals surface area (Å²) in [4.78, 5) is 27.1. The van der Waals surface area contributed by atoms with E-state index in [1.807, 2.05) is 31.1 Å². The van der Waals surface area contributed by atoms with Crippen molar-refractivity contribution < 1.29 is 23.6 Å². The summed E-state index contributed by atoms with van der Waals surface area (Å²) in [6.07, 6.45) is 2.60. The summed E-state index contributed by atoms with van der Waals surface area (Å²) in [5.41, 5.74) is 3.94. The van der Waals surface area contributed by atoms with Gasteiger partial charge in [0.2, 0.25) is 0 Å². The standard InChI is InChI=1S/C26H31FN4O4/c1-30(2)16-22-19(15-28-25(32)18-4-7-20(27)8-5-18)6-9-21-23(29-35-24(21)22)10-3-17-11-13-31(14-12-17)26(33)34/h4-9,17H,3,10-16H2,1-2H3,(H,28,32)(H,33,34). The van der Waals surface area contributed by atoms with E-state index in [4.69, 9.17) is 9.63 Å². The number of nitrogens with zero attached hydrogens (tertiary/aromatic N) is 3. The van der Waals surface area contributed by atoms with Crippen LogP contribution in [0.25, 0.3) is 11.0 Å². The number of aromatic nitrogens is 1. The molecular formula is C26H31FN4O4. The maximum Gasteiger partial charge on any atom is 0.407 e. The van der Waals surface area contributed by atoms with Crippen molar-refractivity contribution in [3.63, 3.8) is 0 Å². The molecule has 0 saturated carbocycles. The van der Waals surface area contributed by atoms with Crippen LogP contribution in [0.4, 0.5) is 9.18 Å². The third-order valence-electron chi connectivity index (χ3n) is 6.61. The number of carbonyl (C=O) groups is 2. The Morgan fingerprint density at radius 2 is 1.89 bits per heavy atom. The lowest BCUT2D eigenvalue weighted by Crippen LogP contribution is -2.37. The molecule has 2 aromatic carbocycles. The predicted molar refractivity (Wildman–Crippen MR) is 130 cm³/mol. The molecule has 1 aromatic heterocycles. The van der Waals surface area contributed by atoms with Crippen LogP contribution in [-0.2, 0) is 19.5 Å². The van der Waals surface area contributed by atoms with E-state index in [0.29, 0.717) is 37.7 Å². The van der Waals surface area contributed by atoms with Gasteiger partial charge in [-0.3, -0.25) is 4.79 Å². The van der Waals surface area contributed by atoms with Crippen molar-refractivity contribution in [2.75, 3.05) is 27.2 Å². The Labute approximate surface area is 203 Å². The zero-order valence-corrected chi connectivity index (χ0v) is 20.1. The van der Waals surface area contributed by atoms with Gasteiger partial charge in [0.15, 0.2) is 5.58 Å². The van der Waals surface area contributed by atoms with Gasteiger partial charge < -0.3 is 24.7 Å². The van der Waals surface area contributed by atoms with Crippen molar-refractivity contribution in [1.29, 1.82) is 0 Å². The third-order valence-corrected chi connectivity index (χ3v) is 6.61. The molecule has 0 atom stereocenters. The summed E-state index contributed by atoms with van der Waals surface area (Å²) in [5.74, 6) is -0.181. The highest BCUT2D eigenvalue weighted by Crippen LogP contribution is 2.29. The molecule has 9 heteroatoms. The maximum absolute atomic E-state index is 13.2. The van der Waals surface area contributed by atoms with Crippen molar-refractivity contribution in [3.8, 4) is 0 Å². The lowest BCUT2D eigenvalue weighted by molar-refractivity contribution is 0.0950. The largest absolute Gasteiger partial charge is 0.465 e. The molecule has 1 saturated heterocycles. The SMILES string of the molecule is CN(C)Cc1c(CNC(=O)c2ccc(F)cc2)ccc2c(CCC3CCN(C(=O)O)CC3)noc12. The lowest BCUT2D eigenvalue weighted by Gasteiger charge is -2.29. The first kappa shape index (κ1) is 24.7. The van der Waals surface area contributed by atoms with Crippen LogP contribution in [0.1, 0.15) is 46.4 Å². The molecule has 186 valence electrons.